The Kier molecular flexibility index (Phi) is 3.12. The van der Waals surface area contributed by atoms with Gasteiger partial charge in [0.05, 0.1) is 11.6 Å². The molecule has 0 unspecified atom stereocenters. The van der Waals surface area contributed by atoms with Gasteiger partial charge in [0.2, 0.25) is 5.89 Å². The van der Waals surface area contributed by atoms with Crippen LogP contribution >= 0.6 is 27.5 Å². The number of aromatic nitrogens is 1. The SMILES string of the molecule is Cc1cc(Br)cc(-c2nc(CCl)co2)c1. The molecule has 0 saturated carbocycles. The van der Waals surface area contributed by atoms with E-state index in [1.807, 2.05) is 25.1 Å². The summed E-state index contributed by atoms with van der Waals surface area (Å²) in [6, 6.07) is 6.03. The van der Waals surface area contributed by atoms with Crippen LogP contribution in [0.3, 0.4) is 0 Å². The summed E-state index contributed by atoms with van der Waals surface area (Å²) in [6.45, 7) is 2.03. The van der Waals surface area contributed by atoms with Crippen molar-refractivity contribution in [2.24, 2.45) is 0 Å². The second-order valence-electron chi connectivity index (χ2n) is 3.29. The standard InChI is InChI=1S/C11H9BrClNO/c1-7-2-8(4-9(12)3-7)11-14-10(5-13)6-15-11/h2-4,6H,5H2,1H3. The molecule has 1 aromatic carbocycles. The molecule has 0 radical (unpaired) electrons. The lowest BCUT2D eigenvalue weighted by atomic mass is 10.1. The molecule has 78 valence electrons. The van der Waals surface area contributed by atoms with Crippen molar-refractivity contribution in [3.05, 3.63) is 40.2 Å². The van der Waals surface area contributed by atoms with Gasteiger partial charge in [-0.2, -0.15) is 0 Å². The summed E-state index contributed by atoms with van der Waals surface area (Å²) in [6.07, 6.45) is 1.58. The third-order valence-electron chi connectivity index (χ3n) is 1.98. The maximum absolute atomic E-state index is 5.66. The molecule has 0 atom stereocenters. The van der Waals surface area contributed by atoms with Gasteiger partial charge in [-0.3, -0.25) is 0 Å². The molecule has 0 aliphatic rings. The fraction of sp³-hybridized carbons (Fsp3) is 0.182. The second kappa shape index (κ2) is 4.37. The zero-order chi connectivity index (χ0) is 10.8. The van der Waals surface area contributed by atoms with E-state index in [-0.39, 0.29) is 0 Å². The Hall–Kier alpha value is -0.800. The minimum atomic E-state index is 0.372. The second-order valence-corrected chi connectivity index (χ2v) is 4.48. The number of halogens is 2. The first-order chi connectivity index (χ1) is 7.19. The zero-order valence-electron chi connectivity index (χ0n) is 8.13. The van der Waals surface area contributed by atoms with Crippen LogP contribution < -0.4 is 0 Å². The monoisotopic (exact) mass is 285 g/mol. The zero-order valence-corrected chi connectivity index (χ0v) is 10.5. The van der Waals surface area contributed by atoms with E-state index in [1.54, 1.807) is 6.26 Å². The molecule has 0 saturated heterocycles. The van der Waals surface area contributed by atoms with E-state index in [4.69, 9.17) is 16.0 Å². The molecule has 0 amide bonds. The largest absolute Gasteiger partial charge is 0.444 e. The number of aryl methyl sites for hydroxylation is 1. The smallest absolute Gasteiger partial charge is 0.226 e. The van der Waals surface area contributed by atoms with Crippen molar-refractivity contribution in [1.29, 1.82) is 0 Å². The third kappa shape index (κ3) is 2.41. The summed E-state index contributed by atoms with van der Waals surface area (Å²) < 4.78 is 6.35. The first kappa shape index (κ1) is 10.7. The molecule has 0 spiro atoms. The minimum absolute atomic E-state index is 0.372. The lowest BCUT2D eigenvalue weighted by molar-refractivity contribution is 0.573. The highest BCUT2D eigenvalue weighted by molar-refractivity contribution is 9.10. The van der Waals surface area contributed by atoms with Crippen LogP contribution in [-0.4, -0.2) is 4.98 Å². The van der Waals surface area contributed by atoms with E-state index in [9.17, 15) is 0 Å². The van der Waals surface area contributed by atoms with Gasteiger partial charge < -0.3 is 4.42 Å². The Morgan fingerprint density at radius 1 is 1.40 bits per heavy atom. The lowest BCUT2D eigenvalue weighted by Crippen LogP contribution is -1.82. The van der Waals surface area contributed by atoms with Gasteiger partial charge in [-0.05, 0) is 30.7 Å². The molecule has 1 aromatic heterocycles. The molecule has 0 bridgehead atoms. The molecular formula is C11H9BrClNO. The van der Waals surface area contributed by atoms with Crippen LogP contribution in [0.5, 0.6) is 0 Å². The summed E-state index contributed by atoms with van der Waals surface area (Å²) in [4.78, 5) is 4.26. The Labute approximate surface area is 101 Å². The highest BCUT2D eigenvalue weighted by atomic mass is 79.9. The predicted octanol–water partition coefficient (Wildman–Crippen LogP) is 4.15. The van der Waals surface area contributed by atoms with Crippen LogP contribution in [0.4, 0.5) is 0 Å². The van der Waals surface area contributed by atoms with Crippen molar-refractivity contribution in [1.82, 2.24) is 4.98 Å². The van der Waals surface area contributed by atoms with Gasteiger partial charge in [0.15, 0.2) is 0 Å². The first-order valence-corrected chi connectivity index (χ1v) is 5.80. The van der Waals surface area contributed by atoms with E-state index >= 15 is 0 Å². The molecule has 1 heterocycles. The highest BCUT2D eigenvalue weighted by Gasteiger charge is 2.07. The molecule has 2 aromatic rings. The van der Waals surface area contributed by atoms with Crippen molar-refractivity contribution in [3.63, 3.8) is 0 Å². The van der Waals surface area contributed by atoms with Gasteiger partial charge in [0.25, 0.3) is 0 Å². The van der Waals surface area contributed by atoms with E-state index in [1.165, 1.54) is 0 Å². The Bertz CT molecular complexity index is 461. The maximum atomic E-state index is 5.66. The van der Waals surface area contributed by atoms with Crippen molar-refractivity contribution in [3.8, 4) is 11.5 Å². The van der Waals surface area contributed by atoms with E-state index < -0.39 is 0 Å². The number of hydrogen-bond acceptors (Lipinski definition) is 2. The topological polar surface area (TPSA) is 26.0 Å². The van der Waals surface area contributed by atoms with Crippen molar-refractivity contribution >= 4 is 27.5 Å². The molecule has 4 heteroatoms. The number of rotatable bonds is 2. The first-order valence-electron chi connectivity index (χ1n) is 4.47. The Morgan fingerprint density at radius 2 is 2.20 bits per heavy atom. The number of oxazole rings is 1. The van der Waals surface area contributed by atoms with E-state index in [0.29, 0.717) is 11.8 Å². The van der Waals surface area contributed by atoms with Crippen LogP contribution in [0.1, 0.15) is 11.3 Å². The van der Waals surface area contributed by atoms with Crippen molar-refractivity contribution in [2.75, 3.05) is 0 Å². The maximum Gasteiger partial charge on any atom is 0.226 e. The molecular weight excluding hydrogens is 277 g/mol. The molecule has 0 N–H and O–H groups in total. The highest BCUT2D eigenvalue weighted by Crippen LogP contribution is 2.24. The van der Waals surface area contributed by atoms with Crippen LogP contribution in [0.15, 0.2) is 33.4 Å². The summed E-state index contributed by atoms with van der Waals surface area (Å²) in [5.74, 6) is 0.978. The third-order valence-corrected chi connectivity index (χ3v) is 2.71. The number of alkyl halides is 1. The molecule has 2 rings (SSSR count). The van der Waals surface area contributed by atoms with Crippen molar-refractivity contribution < 1.29 is 4.42 Å². The normalized spacial score (nSPS) is 10.6. The predicted molar refractivity (Wildman–Crippen MR) is 63.9 cm³/mol. The molecule has 0 aliphatic carbocycles. The number of nitrogens with zero attached hydrogens (tertiary/aromatic N) is 1. The lowest BCUT2D eigenvalue weighted by Gasteiger charge is -1.99. The van der Waals surface area contributed by atoms with Gasteiger partial charge in [0, 0.05) is 10.0 Å². The minimum Gasteiger partial charge on any atom is -0.444 e. The van der Waals surface area contributed by atoms with Gasteiger partial charge in [-0.25, -0.2) is 4.98 Å². The fourth-order valence-corrected chi connectivity index (χ4v) is 2.09. The van der Waals surface area contributed by atoms with Crippen LogP contribution in [0.25, 0.3) is 11.5 Å². The number of hydrogen-bond donors (Lipinski definition) is 0. The summed E-state index contributed by atoms with van der Waals surface area (Å²) >= 11 is 9.10. The fourth-order valence-electron chi connectivity index (χ4n) is 1.36. The van der Waals surface area contributed by atoms with Gasteiger partial charge in [-0.1, -0.05) is 15.9 Å². The quantitative estimate of drug-likeness (QED) is 0.775. The average Bonchev–Trinajstić information content (AvgIpc) is 2.64. The van der Waals surface area contributed by atoms with Gasteiger partial charge in [-0.15, -0.1) is 11.6 Å². The Balaban J connectivity index is 2.44. The molecule has 15 heavy (non-hydrogen) atoms. The van der Waals surface area contributed by atoms with E-state index in [2.05, 4.69) is 20.9 Å². The summed E-state index contributed by atoms with van der Waals surface area (Å²) in [7, 11) is 0. The summed E-state index contributed by atoms with van der Waals surface area (Å²) in [5.41, 5.74) is 2.87. The summed E-state index contributed by atoms with van der Waals surface area (Å²) in [5, 5.41) is 0. The number of benzene rings is 1. The van der Waals surface area contributed by atoms with Gasteiger partial charge in [0.1, 0.15) is 6.26 Å². The van der Waals surface area contributed by atoms with Crippen LogP contribution in [-0.2, 0) is 5.88 Å². The molecule has 2 nitrogen and oxygen atoms in total. The van der Waals surface area contributed by atoms with E-state index in [0.717, 1.165) is 21.3 Å². The molecule has 0 aliphatic heterocycles. The van der Waals surface area contributed by atoms with Gasteiger partial charge >= 0.3 is 0 Å². The van der Waals surface area contributed by atoms with Crippen LogP contribution in [0, 0.1) is 6.92 Å². The average molecular weight is 287 g/mol. The Morgan fingerprint density at radius 3 is 2.80 bits per heavy atom. The molecule has 0 fully saturated rings. The van der Waals surface area contributed by atoms with Crippen molar-refractivity contribution in [2.45, 2.75) is 12.8 Å². The van der Waals surface area contributed by atoms with Crippen LogP contribution in [0.2, 0.25) is 0 Å².